The third-order valence-corrected chi connectivity index (χ3v) is 4.39. The molecule has 1 aromatic heterocycles. The van der Waals surface area contributed by atoms with Gasteiger partial charge in [0, 0.05) is 38.1 Å². The number of hydrogen-bond acceptors (Lipinski definition) is 6. The molecule has 1 aliphatic heterocycles. The van der Waals surface area contributed by atoms with Crippen LogP contribution >= 0.6 is 0 Å². The fourth-order valence-corrected chi connectivity index (χ4v) is 2.86. The van der Waals surface area contributed by atoms with E-state index >= 15 is 0 Å². The highest BCUT2D eigenvalue weighted by Crippen LogP contribution is 2.16. The van der Waals surface area contributed by atoms with Crippen LogP contribution in [0.1, 0.15) is 22.8 Å². The van der Waals surface area contributed by atoms with Crippen molar-refractivity contribution >= 4 is 23.5 Å². The average molecular weight is 379 g/mol. The maximum absolute atomic E-state index is 12.6. The Labute approximate surface area is 163 Å². The molecule has 0 atom stereocenters. The Morgan fingerprint density at radius 3 is 2.36 bits per heavy atom. The van der Waals surface area contributed by atoms with Crippen LogP contribution in [0.15, 0.2) is 42.6 Å². The smallest absolute Gasteiger partial charge is 0.409 e. The Morgan fingerprint density at radius 1 is 1.11 bits per heavy atom. The second-order valence-electron chi connectivity index (χ2n) is 6.22. The number of piperazine rings is 1. The summed E-state index contributed by atoms with van der Waals surface area (Å²) in [6.07, 6.45) is 1.20. The number of nitriles is 1. The monoisotopic (exact) mass is 379 g/mol. The van der Waals surface area contributed by atoms with Crippen LogP contribution in [-0.2, 0) is 4.74 Å². The normalized spacial score (nSPS) is 13.6. The van der Waals surface area contributed by atoms with Crippen molar-refractivity contribution in [2.75, 3.05) is 38.1 Å². The van der Waals surface area contributed by atoms with E-state index in [1.54, 1.807) is 53.1 Å². The van der Waals surface area contributed by atoms with Gasteiger partial charge in [0.25, 0.3) is 5.91 Å². The Morgan fingerprint density at radius 2 is 1.79 bits per heavy atom. The van der Waals surface area contributed by atoms with Gasteiger partial charge in [-0.2, -0.15) is 5.26 Å². The molecule has 8 nitrogen and oxygen atoms in total. The van der Waals surface area contributed by atoms with Crippen LogP contribution in [0.2, 0.25) is 0 Å². The number of rotatable bonds is 4. The number of aromatic nitrogens is 1. The second-order valence-corrected chi connectivity index (χ2v) is 6.22. The van der Waals surface area contributed by atoms with Crippen molar-refractivity contribution in [3.63, 3.8) is 0 Å². The highest BCUT2D eigenvalue weighted by atomic mass is 16.6. The lowest BCUT2D eigenvalue weighted by molar-refractivity contribution is 0.0570. The molecule has 1 N–H and O–H groups in total. The summed E-state index contributed by atoms with van der Waals surface area (Å²) in [5.74, 6) is 0.495. The van der Waals surface area contributed by atoms with Crippen molar-refractivity contribution < 1.29 is 14.3 Å². The quantitative estimate of drug-likeness (QED) is 0.877. The molecular weight excluding hydrogens is 358 g/mol. The van der Waals surface area contributed by atoms with E-state index in [-0.39, 0.29) is 12.0 Å². The first-order chi connectivity index (χ1) is 13.6. The molecule has 0 spiro atoms. The number of benzene rings is 1. The van der Waals surface area contributed by atoms with Crippen molar-refractivity contribution in [1.82, 2.24) is 14.8 Å². The van der Waals surface area contributed by atoms with E-state index in [1.165, 1.54) is 6.20 Å². The van der Waals surface area contributed by atoms with Crippen molar-refractivity contribution in [3.8, 4) is 6.07 Å². The molecule has 0 saturated carbocycles. The van der Waals surface area contributed by atoms with Gasteiger partial charge in [-0.1, -0.05) is 0 Å². The molecular formula is C20H21N5O3. The number of nitrogens with one attached hydrogen (secondary N) is 1. The SMILES string of the molecule is CCOC(=O)N1CCN(C(=O)c2ccc(Nc3ccc(C#N)cc3)nc2)CC1. The van der Waals surface area contributed by atoms with E-state index in [9.17, 15) is 9.59 Å². The second kappa shape index (κ2) is 8.86. The summed E-state index contributed by atoms with van der Waals surface area (Å²) in [7, 11) is 0. The lowest BCUT2D eigenvalue weighted by Gasteiger charge is -2.34. The van der Waals surface area contributed by atoms with Gasteiger partial charge >= 0.3 is 6.09 Å². The molecule has 2 aromatic rings. The summed E-state index contributed by atoms with van der Waals surface area (Å²) in [6, 6.07) is 12.6. The van der Waals surface area contributed by atoms with Gasteiger partial charge in [0.1, 0.15) is 5.82 Å². The van der Waals surface area contributed by atoms with Crippen molar-refractivity contribution in [1.29, 1.82) is 5.26 Å². The Bertz CT molecular complexity index is 866. The Hall–Kier alpha value is -3.60. The number of carbonyl (C=O) groups excluding carboxylic acids is 2. The first-order valence-electron chi connectivity index (χ1n) is 9.05. The topological polar surface area (TPSA) is 98.6 Å². The molecule has 0 radical (unpaired) electrons. The fourth-order valence-electron chi connectivity index (χ4n) is 2.86. The average Bonchev–Trinajstić information content (AvgIpc) is 2.74. The molecule has 1 fully saturated rings. The van der Waals surface area contributed by atoms with Gasteiger partial charge < -0.3 is 19.9 Å². The summed E-state index contributed by atoms with van der Waals surface area (Å²) >= 11 is 0. The minimum atomic E-state index is -0.338. The van der Waals surface area contributed by atoms with Crippen LogP contribution in [0.4, 0.5) is 16.3 Å². The summed E-state index contributed by atoms with van der Waals surface area (Å²) in [5, 5.41) is 12.0. The zero-order chi connectivity index (χ0) is 19.9. The Kier molecular flexibility index (Phi) is 6.07. The highest BCUT2D eigenvalue weighted by Gasteiger charge is 2.25. The predicted molar refractivity (Wildman–Crippen MR) is 103 cm³/mol. The van der Waals surface area contributed by atoms with Gasteiger partial charge in [0.05, 0.1) is 23.8 Å². The largest absolute Gasteiger partial charge is 0.450 e. The first kappa shape index (κ1) is 19.2. The minimum absolute atomic E-state index is 0.110. The van der Waals surface area contributed by atoms with Gasteiger partial charge in [-0.3, -0.25) is 4.79 Å². The number of amides is 2. The van der Waals surface area contributed by atoms with Crippen molar-refractivity contribution in [2.45, 2.75) is 6.92 Å². The van der Waals surface area contributed by atoms with Crippen molar-refractivity contribution in [3.05, 3.63) is 53.7 Å². The third kappa shape index (κ3) is 4.57. The number of anilines is 2. The number of hydrogen-bond donors (Lipinski definition) is 1. The van der Waals surface area contributed by atoms with E-state index in [0.717, 1.165) is 5.69 Å². The number of carbonyl (C=O) groups is 2. The molecule has 0 unspecified atom stereocenters. The van der Waals surface area contributed by atoms with Gasteiger partial charge in [-0.25, -0.2) is 9.78 Å². The van der Waals surface area contributed by atoms with E-state index in [1.807, 2.05) is 0 Å². The molecule has 1 aliphatic rings. The maximum atomic E-state index is 12.6. The number of pyridine rings is 1. The van der Waals surface area contributed by atoms with E-state index in [4.69, 9.17) is 10.00 Å². The molecule has 2 heterocycles. The zero-order valence-electron chi connectivity index (χ0n) is 15.6. The third-order valence-electron chi connectivity index (χ3n) is 4.39. The zero-order valence-corrected chi connectivity index (χ0v) is 15.6. The van der Waals surface area contributed by atoms with E-state index in [0.29, 0.717) is 49.7 Å². The van der Waals surface area contributed by atoms with E-state index in [2.05, 4.69) is 16.4 Å². The van der Waals surface area contributed by atoms with Crippen LogP contribution in [0.25, 0.3) is 0 Å². The maximum Gasteiger partial charge on any atom is 0.409 e. The molecule has 2 amide bonds. The van der Waals surface area contributed by atoms with Crippen LogP contribution in [0, 0.1) is 11.3 Å². The molecule has 144 valence electrons. The predicted octanol–water partition coefficient (Wildman–Crippen LogP) is 2.61. The lowest BCUT2D eigenvalue weighted by Crippen LogP contribution is -2.50. The van der Waals surface area contributed by atoms with Crippen molar-refractivity contribution in [2.24, 2.45) is 0 Å². The molecule has 3 rings (SSSR count). The fraction of sp³-hybridized carbons (Fsp3) is 0.300. The summed E-state index contributed by atoms with van der Waals surface area (Å²) in [4.78, 5) is 32.0. The van der Waals surface area contributed by atoms with E-state index < -0.39 is 0 Å². The number of ether oxygens (including phenoxy) is 1. The summed E-state index contributed by atoms with van der Waals surface area (Å²) < 4.78 is 4.99. The first-order valence-corrected chi connectivity index (χ1v) is 9.05. The summed E-state index contributed by atoms with van der Waals surface area (Å²) in [6.45, 7) is 3.94. The Balaban J connectivity index is 1.56. The van der Waals surface area contributed by atoms with Gasteiger partial charge in [0.2, 0.25) is 0 Å². The highest BCUT2D eigenvalue weighted by molar-refractivity contribution is 5.94. The van der Waals surface area contributed by atoms with Crippen LogP contribution in [-0.4, -0.2) is 59.6 Å². The standard InChI is InChI=1S/C20H21N5O3/c1-2-28-20(27)25-11-9-24(10-12-25)19(26)16-5-8-18(22-14-16)23-17-6-3-15(13-21)4-7-17/h3-8,14H,2,9-12H2,1H3,(H,22,23). The number of nitrogens with zero attached hydrogens (tertiary/aromatic N) is 4. The van der Waals surface area contributed by atoms with Gasteiger partial charge in [0.15, 0.2) is 0 Å². The van der Waals surface area contributed by atoms with Crippen LogP contribution in [0.5, 0.6) is 0 Å². The summed E-state index contributed by atoms with van der Waals surface area (Å²) in [5.41, 5.74) is 1.89. The molecule has 1 aromatic carbocycles. The molecule has 28 heavy (non-hydrogen) atoms. The molecule has 0 aliphatic carbocycles. The minimum Gasteiger partial charge on any atom is -0.450 e. The molecule has 8 heteroatoms. The van der Waals surface area contributed by atoms with Crippen LogP contribution < -0.4 is 5.32 Å². The molecule has 0 bridgehead atoms. The molecule has 1 saturated heterocycles. The van der Waals surface area contributed by atoms with Gasteiger partial charge in [-0.15, -0.1) is 0 Å². The lowest BCUT2D eigenvalue weighted by atomic mass is 10.2. The van der Waals surface area contributed by atoms with Gasteiger partial charge in [-0.05, 0) is 43.3 Å². The van der Waals surface area contributed by atoms with Crippen LogP contribution in [0.3, 0.4) is 0 Å².